The zero-order valence-electron chi connectivity index (χ0n) is 16.3. The summed E-state index contributed by atoms with van der Waals surface area (Å²) in [5, 5.41) is 10.9. The van der Waals surface area contributed by atoms with Crippen molar-refractivity contribution in [1.29, 1.82) is 0 Å². The SMILES string of the molecule is CCCCn1c2ccc(C)cc2c2nnc(SCCN(CC)CC)nc21. The van der Waals surface area contributed by atoms with Crippen LogP contribution in [0.15, 0.2) is 23.4 Å². The molecule has 26 heavy (non-hydrogen) atoms. The molecule has 5 nitrogen and oxygen atoms in total. The minimum absolute atomic E-state index is 0.780. The van der Waals surface area contributed by atoms with Crippen molar-refractivity contribution < 1.29 is 0 Å². The summed E-state index contributed by atoms with van der Waals surface area (Å²) in [7, 11) is 0. The van der Waals surface area contributed by atoms with Gasteiger partial charge < -0.3 is 9.47 Å². The first kappa shape index (κ1) is 19.1. The standard InChI is InChI=1S/C20H29N5S/c1-5-8-11-25-17-10-9-15(4)14-16(17)18-19(25)21-20(23-22-18)26-13-12-24(6-2)7-3/h9-10,14H,5-8,11-13H2,1-4H3. The molecule has 0 atom stereocenters. The third kappa shape index (κ3) is 4.01. The molecule has 0 aliphatic carbocycles. The highest BCUT2D eigenvalue weighted by atomic mass is 32.2. The van der Waals surface area contributed by atoms with Gasteiger partial charge in [0.25, 0.3) is 0 Å². The number of aryl methyl sites for hydroxylation is 2. The second kappa shape index (κ2) is 8.82. The van der Waals surface area contributed by atoms with Crippen LogP contribution >= 0.6 is 11.8 Å². The number of hydrogen-bond donors (Lipinski definition) is 0. The van der Waals surface area contributed by atoms with Crippen molar-refractivity contribution in [2.24, 2.45) is 0 Å². The Bertz CT molecular complexity index is 869. The van der Waals surface area contributed by atoms with Gasteiger partial charge in [-0.2, -0.15) is 0 Å². The van der Waals surface area contributed by atoms with Crippen molar-refractivity contribution in [2.75, 3.05) is 25.4 Å². The van der Waals surface area contributed by atoms with Crippen molar-refractivity contribution >= 4 is 33.8 Å². The van der Waals surface area contributed by atoms with E-state index in [4.69, 9.17) is 4.98 Å². The second-order valence-electron chi connectivity index (χ2n) is 6.67. The van der Waals surface area contributed by atoms with E-state index in [1.807, 2.05) is 0 Å². The van der Waals surface area contributed by atoms with Crippen LogP contribution < -0.4 is 0 Å². The van der Waals surface area contributed by atoms with Gasteiger partial charge in [-0.05, 0) is 38.6 Å². The average Bonchev–Trinajstić information content (AvgIpc) is 2.96. The van der Waals surface area contributed by atoms with Gasteiger partial charge in [0.05, 0.1) is 5.52 Å². The molecule has 2 aromatic heterocycles. The molecule has 3 rings (SSSR count). The summed E-state index contributed by atoms with van der Waals surface area (Å²) in [6.07, 6.45) is 2.30. The Morgan fingerprint density at radius 2 is 1.92 bits per heavy atom. The van der Waals surface area contributed by atoms with Crippen LogP contribution in [0.4, 0.5) is 0 Å². The van der Waals surface area contributed by atoms with Crippen LogP contribution in [0, 0.1) is 6.92 Å². The highest BCUT2D eigenvalue weighted by molar-refractivity contribution is 7.99. The first-order chi connectivity index (χ1) is 12.7. The molecular formula is C20H29N5S. The van der Waals surface area contributed by atoms with E-state index in [-0.39, 0.29) is 0 Å². The molecule has 0 unspecified atom stereocenters. The van der Waals surface area contributed by atoms with Crippen LogP contribution in [0.2, 0.25) is 0 Å². The molecule has 0 fully saturated rings. The molecule has 140 valence electrons. The first-order valence-corrected chi connectivity index (χ1v) is 10.6. The molecule has 0 aliphatic heterocycles. The van der Waals surface area contributed by atoms with Gasteiger partial charge in [-0.25, -0.2) is 4.98 Å². The summed E-state index contributed by atoms with van der Waals surface area (Å²) in [6, 6.07) is 6.55. The van der Waals surface area contributed by atoms with E-state index in [0.717, 1.165) is 66.5 Å². The lowest BCUT2D eigenvalue weighted by Gasteiger charge is -2.16. The highest BCUT2D eigenvalue weighted by Crippen LogP contribution is 2.28. The number of fused-ring (bicyclic) bond motifs is 3. The van der Waals surface area contributed by atoms with Gasteiger partial charge in [0.15, 0.2) is 5.65 Å². The smallest absolute Gasteiger partial charge is 0.211 e. The number of unbranched alkanes of at least 4 members (excludes halogenated alkanes) is 1. The molecule has 0 saturated carbocycles. The number of nitrogens with zero attached hydrogens (tertiary/aromatic N) is 5. The Hall–Kier alpha value is -1.66. The maximum Gasteiger partial charge on any atom is 0.211 e. The Morgan fingerprint density at radius 1 is 1.12 bits per heavy atom. The van der Waals surface area contributed by atoms with E-state index in [9.17, 15) is 0 Å². The molecular weight excluding hydrogens is 342 g/mol. The highest BCUT2D eigenvalue weighted by Gasteiger charge is 2.15. The molecule has 2 heterocycles. The third-order valence-corrected chi connectivity index (χ3v) is 5.69. The van der Waals surface area contributed by atoms with Crippen LogP contribution in [0.5, 0.6) is 0 Å². The lowest BCUT2D eigenvalue weighted by atomic mass is 10.2. The summed E-state index contributed by atoms with van der Waals surface area (Å²) >= 11 is 1.70. The molecule has 0 saturated heterocycles. The number of rotatable bonds is 9. The van der Waals surface area contributed by atoms with Gasteiger partial charge in [0, 0.05) is 24.2 Å². The lowest BCUT2D eigenvalue weighted by molar-refractivity contribution is 0.324. The number of aromatic nitrogens is 4. The van der Waals surface area contributed by atoms with Crippen molar-refractivity contribution in [3.05, 3.63) is 23.8 Å². The van der Waals surface area contributed by atoms with Crippen LogP contribution in [-0.4, -0.2) is 50.0 Å². The average molecular weight is 372 g/mol. The normalized spacial score (nSPS) is 11.9. The van der Waals surface area contributed by atoms with Crippen LogP contribution in [0.25, 0.3) is 22.1 Å². The molecule has 0 bridgehead atoms. The van der Waals surface area contributed by atoms with Gasteiger partial charge in [0.2, 0.25) is 5.16 Å². The van der Waals surface area contributed by atoms with E-state index in [2.05, 4.69) is 65.6 Å². The first-order valence-electron chi connectivity index (χ1n) is 9.66. The fourth-order valence-electron chi connectivity index (χ4n) is 3.26. The summed E-state index contributed by atoms with van der Waals surface area (Å²) in [6.45, 7) is 12.9. The predicted octanol–water partition coefficient (Wildman–Crippen LogP) is 4.52. The van der Waals surface area contributed by atoms with E-state index in [1.54, 1.807) is 11.8 Å². The van der Waals surface area contributed by atoms with E-state index in [1.165, 1.54) is 11.1 Å². The quantitative estimate of drug-likeness (QED) is 0.518. The molecule has 0 spiro atoms. The van der Waals surface area contributed by atoms with Gasteiger partial charge in [0.1, 0.15) is 5.52 Å². The largest absolute Gasteiger partial charge is 0.324 e. The van der Waals surface area contributed by atoms with Crippen LogP contribution in [0.3, 0.4) is 0 Å². The Kier molecular flexibility index (Phi) is 6.48. The molecule has 3 aromatic rings. The molecule has 0 N–H and O–H groups in total. The maximum atomic E-state index is 4.88. The van der Waals surface area contributed by atoms with Gasteiger partial charge >= 0.3 is 0 Å². The lowest BCUT2D eigenvalue weighted by Crippen LogP contribution is -2.25. The Morgan fingerprint density at radius 3 is 2.65 bits per heavy atom. The minimum Gasteiger partial charge on any atom is -0.324 e. The topological polar surface area (TPSA) is 46.8 Å². The molecule has 0 amide bonds. The van der Waals surface area contributed by atoms with E-state index >= 15 is 0 Å². The maximum absolute atomic E-state index is 4.88. The van der Waals surface area contributed by atoms with Crippen molar-refractivity contribution in [2.45, 2.75) is 52.2 Å². The minimum atomic E-state index is 0.780. The molecule has 0 radical (unpaired) electrons. The Balaban J connectivity index is 1.93. The number of hydrogen-bond acceptors (Lipinski definition) is 5. The van der Waals surface area contributed by atoms with Crippen LogP contribution in [-0.2, 0) is 6.54 Å². The fourth-order valence-corrected chi connectivity index (χ4v) is 4.05. The summed E-state index contributed by atoms with van der Waals surface area (Å²) in [5.74, 6) is 0.989. The monoisotopic (exact) mass is 371 g/mol. The van der Waals surface area contributed by atoms with Gasteiger partial charge in [-0.1, -0.05) is 50.6 Å². The summed E-state index contributed by atoms with van der Waals surface area (Å²) < 4.78 is 2.32. The molecule has 1 aromatic carbocycles. The van der Waals surface area contributed by atoms with Crippen molar-refractivity contribution in [1.82, 2.24) is 24.6 Å². The zero-order valence-corrected chi connectivity index (χ0v) is 17.1. The van der Waals surface area contributed by atoms with E-state index in [0.29, 0.717) is 0 Å². The summed E-state index contributed by atoms with van der Waals surface area (Å²) in [4.78, 5) is 7.29. The second-order valence-corrected chi connectivity index (χ2v) is 7.73. The number of thioether (sulfide) groups is 1. The molecule has 6 heteroatoms. The Labute approximate surface area is 160 Å². The summed E-state index contributed by atoms with van der Waals surface area (Å²) in [5.41, 5.74) is 4.35. The van der Waals surface area contributed by atoms with Gasteiger partial charge in [-0.3, -0.25) is 0 Å². The van der Waals surface area contributed by atoms with Crippen molar-refractivity contribution in [3.63, 3.8) is 0 Å². The molecule has 0 aliphatic rings. The van der Waals surface area contributed by atoms with Gasteiger partial charge in [-0.15, -0.1) is 10.2 Å². The van der Waals surface area contributed by atoms with Crippen LogP contribution in [0.1, 0.15) is 39.2 Å². The number of benzene rings is 1. The zero-order chi connectivity index (χ0) is 18.5. The fraction of sp³-hybridized carbons (Fsp3) is 0.550. The predicted molar refractivity (Wildman–Crippen MR) is 111 cm³/mol. The van der Waals surface area contributed by atoms with Crippen molar-refractivity contribution in [3.8, 4) is 0 Å². The third-order valence-electron chi connectivity index (χ3n) is 4.87. The van der Waals surface area contributed by atoms with E-state index < -0.39 is 0 Å².